The van der Waals surface area contributed by atoms with Gasteiger partial charge in [0, 0.05) is 17.3 Å². The van der Waals surface area contributed by atoms with E-state index < -0.39 is 66.0 Å². The molecule has 3 rings (SSSR count). The van der Waals surface area contributed by atoms with Gasteiger partial charge in [-0.15, -0.1) is 0 Å². The molecular weight excluding hydrogens is 503 g/mol. The number of nitrogens with one attached hydrogen (secondary N) is 1. The van der Waals surface area contributed by atoms with Gasteiger partial charge in [-0.2, -0.15) is 31.3 Å². The summed E-state index contributed by atoms with van der Waals surface area (Å²) in [6.07, 6.45) is -9.47. The lowest BCUT2D eigenvalue weighted by atomic mass is 9.89. The van der Waals surface area contributed by atoms with Crippen molar-refractivity contribution in [3.8, 4) is 5.88 Å². The number of hydrogen-bond acceptors (Lipinski definition) is 7. The topological polar surface area (TPSA) is 125 Å². The average molecular weight is 523 g/mol. The molecule has 8 nitrogen and oxygen atoms in total. The second-order valence-corrected chi connectivity index (χ2v) is 8.23. The number of carbonyl (C=O) groups excluding carboxylic acids is 1. The number of anilines is 2. The summed E-state index contributed by atoms with van der Waals surface area (Å²) in [5, 5.41) is 2.40. The van der Waals surface area contributed by atoms with Crippen LogP contribution in [0.25, 0.3) is 0 Å². The molecule has 1 aliphatic rings. The van der Waals surface area contributed by atoms with Gasteiger partial charge >= 0.3 is 12.4 Å². The van der Waals surface area contributed by atoms with Crippen molar-refractivity contribution < 1.29 is 45.0 Å². The summed E-state index contributed by atoms with van der Waals surface area (Å²) in [7, 11) is 0. The van der Waals surface area contributed by atoms with Gasteiger partial charge in [0.1, 0.15) is 23.0 Å². The highest BCUT2D eigenvalue weighted by molar-refractivity contribution is 6.07. The third-order valence-electron chi connectivity index (χ3n) is 5.37. The number of aromatic nitrogens is 1. The first-order chi connectivity index (χ1) is 16.4. The van der Waals surface area contributed by atoms with Crippen LogP contribution in [-0.4, -0.2) is 47.9 Å². The van der Waals surface area contributed by atoms with Crippen LogP contribution in [-0.2, 0) is 10.3 Å². The van der Waals surface area contributed by atoms with Crippen molar-refractivity contribution in [2.75, 3.05) is 24.3 Å². The predicted octanol–water partition coefficient (Wildman–Crippen LogP) is 3.92. The number of pyridine rings is 1. The first-order valence-electron chi connectivity index (χ1n) is 10.1. The number of alkyl halides is 6. The van der Waals surface area contributed by atoms with Crippen molar-refractivity contribution in [3.63, 3.8) is 0 Å². The fourth-order valence-corrected chi connectivity index (χ4v) is 3.23. The molecule has 2 heterocycles. The third-order valence-corrected chi connectivity index (χ3v) is 5.37. The van der Waals surface area contributed by atoms with Crippen LogP contribution >= 0.6 is 0 Å². The minimum Gasteiger partial charge on any atom is -0.468 e. The Balaban J connectivity index is 1.84. The van der Waals surface area contributed by atoms with E-state index in [1.807, 2.05) is 0 Å². The first-order valence-corrected chi connectivity index (χ1v) is 10.1. The Kier molecular flexibility index (Phi) is 6.83. The van der Waals surface area contributed by atoms with Gasteiger partial charge in [-0.25, -0.2) is 4.39 Å². The van der Waals surface area contributed by atoms with Crippen LogP contribution in [0.15, 0.2) is 35.3 Å². The minimum atomic E-state index is -4.86. The molecule has 0 spiro atoms. The highest BCUT2D eigenvalue weighted by atomic mass is 19.4. The molecule has 1 amide bonds. The fourth-order valence-electron chi connectivity index (χ4n) is 3.23. The molecule has 2 atom stereocenters. The van der Waals surface area contributed by atoms with Crippen LogP contribution in [0.4, 0.5) is 42.2 Å². The predicted molar refractivity (Wildman–Crippen MR) is 114 cm³/mol. The zero-order valence-electron chi connectivity index (χ0n) is 18.7. The highest BCUT2D eigenvalue weighted by Crippen LogP contribution is 2.41. The van der Waals surface area contributed by atoms with Crippen molar-refractivity contribution in [3.05, 3.63) is 47.3 Å². The number of amides is 1. The van der Waals surface area contributed by atoms with E-state index in [1.165, 1.54) is 13.0 Å². The number of halogens is 7. The average Bonchev–Trinajstić information content (AvgIpc) is 2.75. The quantitative estimate of drug-likeness (QED) is 0.511. The van der Waals surface area contributed by atoms with E-state index in [0.717, 1.165) is 24.3 Å². The first kappa shape index (κ1) is 27.0. The molecule has 1 aliphatic heterocycles. The minimum absolute atomic E-state index is 0.00681. The van der Waals surface area contributed by atoms with Crippen LogP contribution in [0, 0.1) is 5.82 Å². The number of hydrogen-bond donors (Lipinski definition) is 3. The lowest BCUT2D eigenvalue weighted by molar-refractivity contribution is -0.249. The zero-order valence-corrected chi connectivity index (χ0v) is 18.7. The molecule has 0 radical (unpaired) electrons. The standard InChI is InChI=1S/C21H20F7N5O3/c1-18(8-36-19(2,17(30)33-18)21(26,27)28)12-7-10(3-5-13(12)22)31-16(34)11-4-6-14(32-15(11)29)35-9-20(23,24)25/h3-7H,8-9H2,1-2H3,(H2,29,32)(H2,30,33)(H,31,34)/t18-,19+/m0/s1. The molecule has 0 fully saturated rings. The van der Waals surface area contributed by atoms with Gasteiger partial charge in [-0.05, 0) is 38.1 Å². The van der Waals surface area contributed by atoms with Gasteiger partial charge in [0.05, 0.1) is 12.2 Å². The van der Waals surface area contributed by atoms with E-state index in [0.29, 0.717) is 6.92 Å². The lowest BCUT2D eigenvalue weighted by Gasteiger charge is -2.41. The number of nitrogen functional groups attached to an aromatic ring is 1. The van der Waals surface area contributed by atoms with E-state index in [9.17, 15) is 35.5 Å². The van der Waals surface area contributed by atoms with E-state index in [1.54, 1.807) is 0 Å². The Hall–Kier alpha value is -3.62. The van der Waals surface area contributed by atoms with Crippen LogP contribution in [0.3, 0.4) is 0 Å². The Bertz CT molecular complexity index is 1200. The molecule has 5 N–H and O–H groups in total. The van der Waals surface area contributed by atoms with Crippen LogP contribution < -0.4 is 21.5 Å². The molecule has 36 heavy (non-hydrogen) atoms. The van der Waals surface area contributed by atoms with Crippen molar-refractivity contribution in [1.29, 1.82) is 0 Å². The lowest BCUT2D eigenvalue weighted by Crippen LogP contribution is -2.60. The maximum atomic E-state index is 14.7. The van der Waals surface area contributed by atoms with E-state index in [-0.39, 0.29) is 16.8 Å². The van der Waals surface area contributed by atoms with Gasteiger partial charge < -0.3 is 26.3 Å². The largest absolute Gasteiger partial charge is 0.468 e. The third kappa shape index (κ3) is 5.45. The highest BCUT2D eigenvalue weighted by Gasteiger charge is 2.59. The van der Waals surface area contributed by atoms with E-state index >= 15 is 0 Å². The molecule has 196 valence electrons. The van der Waals surface area contributed by atoms with Crippen molar-refractivity contribution in [2.24, 2.45) is 10.7 Å². The number of carbonyl (C=O) groups is 1. The van der Waals surface area contributed by atoms with Crippen molar-refractivity contribution in [2.45, 2.75) is 37.3 Å². The molecule has 0 aliphatic carbocycles. The molecule has 0 unspecified atom stereocenters. The van der Waals surface area contributed by atoms with Gasteiger partial charge in [0.2, 0.25) is 11.5 Å². The Morgan fingerprint density at radius 3 is 2.36 bits per heavy atom. The molecule has 1 aromatic carbocycles. The Morgan fingerprint density at radius 2 is 1.81 bits per heavy atom. The summed E-state index contributed by atoms with van der Waals surface area (Å²) in [4.78, 5) is 20.1. The van der Waals surface area contributed by atoms with E-state index in [2.05, 4.69) is 20.0 Å². The number of nitrogens with two attached hydrogens (primary N) is 2. The SMILES string of the molecule is C[C@@]1(c2cc(NC(=O)c3ccc(OCC(F)(F)F)nc3N)ccc2F)CO[C@@](C)(C(F)(F)F)C(N)=N1. The second-order valence-electron chi connectivity index (χ2n) is 8.23. The number of rotatable bonds is 5. The van der Waals surface area contributed by atoms with Crippen molar-refractivity contribution >= 4 is 23.2 Å². The number of ether oxygens (including phenoxy) is 2. The van der Waals surface area contributed by atoms with Gasteiger partial charge in [-0.3, -0.25) is 9.79 Å². The monoisotopic (exact) mass is 523 g/mol. The smallest absolute Gasteiger partial charge is 0.424 e. The summed E-state index contributed by atoms with van der Waals surface area (Å²) in [6.45, 7) is -0.271. The van der Waals surface area contributed by atoms with Gasteiger partial charge in [0.15, 0.2) is 6.61 Å². The molecule has 0 saturated carbocycles. The number of benzene rings is 1. The molecule has 15 heteroatoms. The maximum absolute atomic E-state index is 14.7. The fraction of sp³-hybridized carbons (Fsp3) is 0.381. The van der Waals surface area contributed by atoms with E-state index in [4.69, 9.17) is 16.2 Å². The van der Waals surface area contributed by atoms with Gasteiger partial charge in [0.25, 0.3) is 5.91 Å². The molecule has 0 saturated heterocycles. The molecule has 0 bridgehead atoms. The van der Waals surface area contributed by atoms with Crippen molar-refractivity contribution in [1.82, 2.24) is 4.98 Å². The zero-order chi connectivity index (χ0) is 27.1. The normalized spacial score (nSPS) is 22.6. The Labute approximate surface area is 199 Å². The van der Waals surface area contributed by atoms with Crippen LogP contribution in [0.2, 0.25) is 0 Å². The van der Waals surface area contributed by atoms with Crippen LogP contribution in [0.1, 0.15) is 29.8 Å². The van der Waals surface area contributed by atoms with Crippen LogP contribution in [0.5, 0.6) is 5.88 Å². The summed E-state index contributed by atoms with van der Waals surface area (Å²) in [6, 6.07) is 5.33. The number of nitrogens with zero attached hydrogens (tertiary/aromatic N) is 2. The molecule has 2 aromatic rings. The molecule has 1 aromatic heterocycles. The maximum Gasteiger partial charge on any atom is 0.424 e. The second kappa shape index (κ2) is 9.11. The number of amidine groups is 1. The summed E-state index contributed by atoms with van der Waals surface area (Å²) in [5.41, 5.74) is 6.26. The summed E-state index contributed by atoms with van der Waals surface area (Å²) in [5.74, 6) is -3.50. The molecular formula is C21H20F7N5O3. The summed E-state index contributed by atoms with van der Waals surface area (Å²) < 4.78 is 101. The Morgan fingerprint density at radius 1 is 1.14 bits per heavy atom. The van der Waals surface area contributed by atoms with Gasteiger partial charge in [-0.1, -0.05) is 0 Å². The summed E-state index contributed by atoms with van der Waals surface area (Å²) >= 11 is 0. The number of aliphatic imine (C=N–C) groups is 1.